The second kappa shape index (κ2) is 6.64. The van der Waals surface area contributed by atoms with E-state index >= 15 is 0 Å². The van der Waals surface area contributed by atoms with E-state index in [4.69, 9.17) is 0 Å². The summed E-state index contributed by atoms with van der Waals surface area (Å²) in [6, 6.07) is 15.7. The summed E-state index contributed by atoms with van der Waals surface area (Å²) in [6.45, 7) is 6.38. The number of hydrogen-bond donors (Lipinski definition) is 0. The molecule has 0 heterocycles. The minimum Gasteiger partial charge on any atom is -0.298 e. The highest BCUT2D eigenvalue weighted by molar-refractivity contribution is 5.74. The van der Waals surface area contributed by atoms with Crippen LogP contribution in [0.1, 0.15) is 27.0 Å². The van der Waals surface area contributed by atoms with Gasteiger partial charge < -0.3 is 0 Å². The predicted octanol–water partition coefficient (Wildman–Crippen LogP) is 4.11. The Morgan fingerprint density at radius 1 is 0.765 bits per heavy atom. The van der Waals surface area contributed by atoms with E-state index in [2.05, 4.69) is 39.0 Å². The van der Waals surface area contributed by atoms with Crippen LogP contribution in [0, 0.1) is 20.8 Å². The monoisotopic (exact) mass is 226 g/mol. The van der Waals surface area contributed by atoms with Crippen molar-refractivity contribution in [2.24, 2.45) is 0 Å². The fourth-order valence-electron chi connectivity index (χ4n) is 1.73. The van der Waals surface area contributed by atoms with Crippen LogP contribution in [-0.4, -0.2) is 6.29 Å². The number of aldehydes is 1. The van der Waals surface area contributed by atoms with E-state index < -0.39 is 0 Å². The number of carbonyl (C=O) groups is 1. The first kappa shape index (κ1) is 13.2. The minimum atomic E-state index is 0.729. The molecule has 17 heavy (non-hydrogen) atoms. The van der Waals surface area contributed by atoms with Crippen LogP contribution < -0.4 is 0 Å². The molecule has 0 saturated carbocycles. The number of carbonyl (C=O) groups excluding carboxylic acids is 1. The molecule has 0 unspecified atom stereocenters. The molecule has 0 atom stereocenters. The van der Waals surface area contributed by atoms with E-state index in [1.165, 1.54) is 16.7 Å². The maximum atomic E-state index is 10.0. The quantitative estimate of drug-likeness (QED) is 0.669. The lowest BCUT2D eigenvalue weighted by Gasteiger charge is -1.96. The van der Waals surface area contributed by atoms with Gasteiger partial charge in [-0.05, 0) is 20.8 Å². The Labute approximate surface area is 103 Å². The van der Waals surface area contributed by atoms with Crippen LogP contribution in [0.15, 0.2) is 48.5 Å². The van der Waals surface area contributed by atoms with Gasteiger partial charge in [-0.25, -0.2) is 0 Å². The fourth-order valence-corrected chi connectivity index (χ4v) is 1.73. The zero-order valence-corrected chi connectivity index (χ0v) is 10.6. The summed E-state index contributed by atoms with van der Waals surface area (Å²) >= 11 is 0. The molecule has 0 N–H and O–H groups in total. The maximum Gasteiger partial charge on any atom is 0.150 e. The van der Waals surface area contributed by atoms with Crippen molar-refractivity contribution < 1.29 is 4.79 Å². The lowest BCUT2D eigenvalue weighted by Crippen LogP contribution is -1.78. The van der Waals surface area contributed by atoms with Crippen LogP contribution in [0.3, 0.4) is 0 Å². The number of aryl methyl sites for hydroxylation is 3. The highest BCUT2D eigenvalue weighted by Gasteiger charge is 1.87. The zero-order valence-electron chi connectivity index (χ0n) is 10.6. The molecule has 88 valence electrons. The molecule has 0 aliphatic carbocycles. The Bertz CT molecular complexity index is 422. The van der Waals surface area contributed by atoms with Gasteiger partial charge in [0.1, 0.15) is 6.29 Å². The van der Waals surface area contributed by atoms with Crippen molar-refractivity contribution in [3.05, 3.63) is 70.8 Å². The third-order valence-electron chi connectivity index (χ3n) is 2.30. The molecule has 2 rings (SSSR count). The SMILES string of the molecule is Cc1cc(C)cc(C)c1.O=Cc1ccccc1. The van der Waals surface area contributed by atoms with Crippen LogP contribution >= 0.6 is 0 Å². The Morgan fingerprint density at radius 2 is 1.18 bits per heavy atom. The van der Waals surface area contributed by atoms with Crippen LogP contribution in [0.4, 0.5) is 0 Å². The van der Waals surface area contributed by atoms with Crippen LogP contribution in [0.5, 0.6) is 0 Å². The summed E-state index contributed by atoms with van der Waals surface area (Å²) in [4.78, 5) is 10.0. The third kappa shape index (κ3) is 5.12. The summed E-state index contributed by atoms with van der Waals surface area (Å²) in [5, 5.41) is 0. The molecular weight excluding hydrogens is 208 g/mol. The Hall–Kier alpha value is -1.89. The van der Waals surface area contributed by atoms with Gasteiger partial charge >= 0.3 is 0 Å². The zero-order chi connectivity index (χ0) is 12.7. The van der Waals surface area contributed by atoms with E-state index in [1.807, 2.05) is 18.2 Å². The Balaban J connectivity index is 0.000000171. The molecule has 0 radical (unpaired) electrons. The van der Waals surface area contributed by atoms with E-state index in [9.17, 15) is 4.79 Å². The largest absolute Gasteiger partial charge is 0.298 e. The van der Waals surface area contributed by atoms with Crippen molar-refractivity contribution in [3.8, 4) is 0 Å². The fraction of sp³-hybridized carbons (Fsp3) is 0.188. The van der Waals surface area contributed by atoms with Gasteiger partial charge in [-0.2, -0.15) is 0 Å². The van der Waals surface area contributed by atoms with Crippen molar-refractivity contribution >= 4 is 6.29 Å². The van der Waals surface area contributed by atoms with Gasteiger partial charge in [0.05, 0.1) is 0 Å². The first-order valence-electron chi connectivity index (χ1n) is 5.67. The Kier molecular flexibility index (Phi) is 5.15. The second-order valence-corrected chi connectivity index (χ2v) is 4.19. The summed E-state index contributed by atoms with van der Waals surface area (Å²) in [6.07, 6.45) is 0.833. The highest BCUT2D eigenvalue weighted by atomic mass is 16.1. The number of benzene rings is 2. The van der Waals surface area contributed by atoms with Gasteiger partial charge in [0.25, 0.3) is 0 Å². The van der Waals surface area contributed by atoms with Gasteiger partial charge in [-0.15, -0.1) is 0 Å². The van der Waals surface area contributed by atoms with Crippen LogP contribution in [0.25, 0.3) is 0 Å². The van der Waals surface area contributed by atoms with Crippen molar-refractivity contribution in [2.45, 2.75) is 20.8 Å². The molecule has 0 spiro atoms. The first-order valence-corrected chi connectivity index (χ1v) is 5.67. The van der Waals surface area contributed by atoms with Crippen molar-refractivity contribution in [1.29, 1.82) is 0 Å². The Morgan fingerprint density at radius 3 is 1.47 bits per heavy atom. The highest BCUT2D eigenvalue weighted by Crippen LogP contribution is 2.06. The minimum absolute atomic E-state index is 0.729. The van der Waals surface area contributed by atoms with Crippen molar-refractivity contribution in [1.82, 2.24) is 0 Å². The standard InChI is InChI=1S/C9H12.C7H6O/c1-7-4-8(2)6-9(3)5-7;8-6-7-4-2-1-3-5-7/h4-6H,1-3H3;1-6H. The summed E-state index contributed by atoms with van der Waals surface area (Å²) in [7, 11) is 0. The van der Waals surface area contributed by atoms with Gasteiger partial charge in [0, 0.05) is 5.56 Å². The number of hydrogen-bond acceptors (Lipinski definition) is 1. The van der Waals surface area contributed by atoms with Gasteiger partial charge in [-0.3, -0.25) is 4.79 Å². The van der Waals surface area contributed by atoms with E-state index in [1.54, 1.807) is 12.1 Å². The molecule has 0 saturated heterocycles. The molecule has 0 bridgehead atoms. The molecule has 0 aliphatic heterocycles. The molecule has 1 heteroatoms. The van der Waals surface area contributed by atoms with E-state index in [0.717, 1.165) is 11.8 Å². The summed E-state index contributed by atoms with van der Waals surface area (Å²) < 4.78 is 0. The molecule has 2 aromatic rings. The molecule has 0 fully saturated rings. The van der Waals surface area contributed by atoms with Gasteiger partial charge in [-0.1, -0.05) is 65.2 Å². The summed E-state index contributed by atoms with van der Waals surface area (Å²) in [5.74, 6) is 0. The topological polar surface area (TPSA) is 17.1 Å². The van der Waals surface area contributed by atoms with Crippen molar-refractivity contribution in [2.75, 3.05) is 0 Å². The van der Waals surface area contributed by atoms with Gasteiger partial charge in [0.15, 0.2) is 0 Å². The average Bonchev–Trinajstić information content (AvgIpc) is 2.29. The molecule has 2 aromatic carbocycles. The first-order chi connectivity index (χ1) is 8.11. The smallest absolute Gasteiger partial charge is 0.150 e. The third-order valence-corrected chi connectivity index (χ3v) is 2.30. The maximum absolute atomic E-state index is 10.0. The average molecular weight is 226 g/mol. The lowest BCUT2D eigenvalue weighted by atomic mass is 10.1. The van der Waals surface area contributed by atoms with E-state index in [0.29, 0.717) is 0 Å². The molecule has 0 aromatic heterocycles. The molecule has 0 aliphatic rings. The van der Waals surface area contributed by atoms with Gasteiger partial charge in [0.2, 0.25) is 0 Å². The van der Waals surface area contributed by atoms with Crippen LogP contribution in [-0.2, 0) is 0 Å². The molecule has 1 nitrogen and oxygen atoms in total. The second-order valence-electron chi connectivity index (χ2n) is 4.19. The lowest BCUT2D eigenvalue weighted by molar-refractivity contribution is 0.112. The predicted molar refractivity (Wildman–Crippen MR) is 72.5 cm³/mol. The van der Waals surface area contributed by atoms with E-state index in [-0.39, 0.29) is 0 Å². The molecular formula is C16H18O. The van der Waals surface area contributed by atoms with Crippen molar-refractivity contribution in [3.63, 3.8) is 0 Å². The molecule has 0 amide bonds. The summed E-state index contributed by atoms with van der Waals surface area (Å²) in [5.41, 5.74) is 4.79. The van der Waals surface area contributed by atoms with Crippen LogP contribution in [0.2, 0.25) is 0 Å². The number of rotatable bonds is 1. The normalized spacial score (nSPS) is 9.12.